The summed E-state index contributed by atoms with van der Waals surface area (Å²) in [6, 6.07) is 7.39. The van der Waals surface area contributed by atoms with Crippen molar-refractivity contribution < 1.29 is 29.0 Å². The number of aliphatic hydroxyl groups excluding tert-OH is 1. The Morgan fingerprint density at radius 1 is 1.32 bits per heavy atom. The number of benzene rings is 1. The first kappa shape index (κ1) is 27.3. The molecule has 3 aliphatic heterocycles. The van der Waals surface area contributed by atoms with E-state index in [0.717, 1.165) is 0 Å². The average molecular weight is 513 g/mol. The summed E-state index contributed by atoms with van der Waals surface area (Å²) in [5.74, 6) is -2.94. The van der Waals surface area contributed by atoms with Gasteiger partial charge in [0.25, 0.3) is 0 Å². The van der Waals surface area contributed by atoms with Crippen molar-refractivity contribution in [1.82, 2.24) is 9.80 Å². The largest absolute Gasteiger partial charge is 0.466 e. The molecule has 3 aliphatic rings. The molecule has 37 heavy (non-hydrogen) atoms. The van der Waals surface area contributed by atoms with E-state index in [2.05, 4.69) is 6.58 Å². The minimum absolute atomic E-state index is 0.0898. The summed E-state index contributed by atoms with van der Waals surface area (Å²) in [6.45, 7) is 15.3. The SMILES string of the molecule is C=CCN(C(=O)C1N([C@H](CO)c2ccccc2)C(=O)[C@@H]2[C@H](C(=O)OCC)[C@@]3(C)OC12CC3C)C(C)(C)C. The molecule has 1 spiro atoms. The summed E-state index contributed by atoms with van der Waals surface area (Å²) in [6.07, 6.45) is 2.11. The maximum atomic E-state index is 14.5. The number of nitrogens with zero attached hydrogens (tertiary/aromatic N) is 2. The van der Waals surface area contributed by atoms with Crippen LogP contribution in [0.5, 0.6) is 0 Å². The number of esters is 1. The Hall–Kier alpha value is -2.71. The molecule has 3 unspecified atom stereocenters. The molecule has 3 heterocycles. The Bertz CT molecular complexity index is 1070. The second kappa shape index (κ2) is 9.55. The van der Waals surface area contributed by atoms with Crippen molar-refractivity contribution in [3.05, 3.63) is 48.6 Å². The third-order valence-electron chi connectivity index (χ3n) is 8.61. The molecule has 8 heteroatoms. The third-order valence-corrected chi connectivity index (χ3v) is 8.61. The van der Waals surface area contributed by atoms with Crippen LogP contribution < -0.4 is 0 Å². The van der Waals surface area contributed by atoms with Crippen LogP contribution in [0.25, 0.3) is 0 Å². The predicted octanol–water partition coefficient (Wildman–Crippen LogP) is 3.11. The molecule has 7 atom stereocenters. The zero-order chi connectivity index (χ0) is 27.3. The highest BCUT2D eigenvalue weighted by atomic mass is 16.6. The van der Waals surface area contributed by atoms with Crippen LogP contribution in [-0.4, -0.2) is 75.2 Å². The van der Waals surface area contributed by atoms with Crippen LogP contribution in [0.3, 0.4) is 0 Å². The second-order valence-electron chi connectivity index (χ2n) is 11.7. The number of hydrogen-bond donors (Lipinski definition) is 1. The lowest BCUT2D eigenvalue weighted by Crippen LogP contribution is -2.60. The normalized spacial score (nSPS) is 33.3. The summed E-state index contributed by atoms with van der Waals surface area (Å²) in [5, 5.41) is 10.6. The first-order chi connectivity index (χ1) is 17.4. The molecule has 4 rings (SSSR count). The minimum Gasteiger partial charge on any atom is -0.466 e. The average Bonchev–Trinajstić information content (AvgIpc) is 3.35. The van der Waals surface area contributed by atoms with Gasteiger partial charge in [0.2, 0.25) is 11.8 Å². The van der Waals surface area contributed by atoms with E-state index in [1.165, 1.54) is 4.90 Å². The molecule has 8 nitrogen and oxygen atoms in total. The summed E-state index contributed by atoms with van der Waals surface area (Å²) >= 11 is 0. The molecule has 0 saturated carbocycles. The summed E-state index contributed by atoms with van der Waals surface area (Å²) in [5.41, 5.74) is -2.01. The molecule has 2 bridgehead atoms. The maximum absolute atomic E-state index is 14.5. The Labute approximate surface area is 219 Å². The molecular formula is C29H40N2O6. The number of rotatable bonds is 8. The van der Waals surface area contributed by atoms with Gasteiger partial charge in [0, 0.05) is 12.1 Å². The van der Waals surface area contributed by atoms with E-state index in [1.807, 2.05) is 65.0 Å². The summed E-state index contributed by atoms with van der Waals surface area (Å²) in [4.78, 5) is 45.4. The monoisotopic (exact) mass is 512 g/mol. The summed E-state index contributed by atoms with van der Waals surface area (Å²) < 4.78 is 12.2. The standard InChI is InChI=1S/C29H40N2O6/c1-8-15-30(27(4,5)6)25(34)23-29-16-18(3)28(7,37-29)22(26(35)36-9-2)21(29)24(33)31(23)20(17-32)19-13-11-10-12-14-19/h8,10-14,18,20-23,32H,1,9,15-17H2,2-7H3/t18?,20-,21+,22-,23?,28+,29?/m1/s1. The Balaban J connectivity index is 1.92. The van der Waals surface area contributed by atoms with Crippen molar-refractivity contribution in [1.29, 1.82) is 0 Å². The molecule has 3 fully saturated rings. The second-order valence-corrected chi connectivity index (χ2v) is 11.7. The van der Waals surface area contributed by atoms with Crippen LogP contribution in [0, 0.1) is 17.8 Å². The van der Waals surface area contributed by atoms with Crippen molar-refractivity contribution in [2.24, 2.45) is 17.8 Å². The highest BCUT2D eigenvalue weighted by Gasteiger charge is 2.81. The zero-order valence-corrected chi connectivity index (χ0v) is 22.8. The fourth-order valence-electron chi connectivity index (χ4n) is 6.88. The number of fused-ring (bicyclic) bond motifs is 1. The molecule has 0 aliphatic carbocycles. The van der Waals surface area contributed by atoms with E-state index < -0.39 is 46.6 Å². The van der Waals surface area contributed by atoms with E-state index >= 15 is 0 Å². The number of likely N-dealkylation sites (tertiary alicyclic amines) is 1. The summed E-state index contributed by atoms with van der Waals surface area (Å²) in [7, 11) is 0. The first-order valence-corrected chi connectivity index (χ1v) is 13.2. The van der Waals surface area contributed by atoms with Crippen LogP contribution in [0.4, 0.5) is 0 Å². The van der Waals surface area contributed by atoms with Gasteiger partial charge in [0.1, 0.15) is 17.6 Å². The highest BCUT2D eigenvalue weighted by molar-refractivity contribution is 5.99. The van der Waals surface area contributed by atoms with Crippen molar-refractivity contribution in [3.8, 4) is 0 Å². The fraction of sp³-hybridized carbons (Fsp3) is 0.621. The fourth-order valence-corrected chi connectivity index (χ4v) is 6.88. The van der Waals surface area contributed by atoms with Gasteiger partial charge in [0.15, 0.2) is 0 Å². The number of carbonyl (C=O) groups excluding carboxylic acids is 3. The molecule has 1 aromatic rings. The third kappa shape index (κ3) is 4.00. The lowest BCUT2D eigenvalue weighted by Gasteiger charge is -2.43. The van der Waals surface area contributed by atoms with Gasteiger partial charge in [0.05, 0.1) is 30.8 Å². The Kier molecular flexibility index (Phi) is 7.05. The van der Waals surface area contributed by atoms with Gasteiger partial charge in [-0.3, -0.25) is 14.4 Å². The number of amides is 2. The highest BCUT2D eigenvalue weighted by Crippen LogP contribution is 2.66. The number of hydrogen-bond acceptors (Lipinski definition) is 6. The molecule has 0 aromatic heterocycles. The number of carbonyl (C=O) groups is 3. The molecule has 202 valence electrons. The van der Waals surface area contributed by atoms with Gasteiger partial charge in [-0.25, -0.2) is 0 Å². The van der Waals surface area contributed by atoms with Gasteiger partial charge in [-0.15, -0.1) is 6.58 Å². The molecule has 3 saturated heterocycles. The smallest absolute Gasteiger partial charge is 0.312 e. The van der Waals surface area contributed by atoms with E-state index in [1.54, 1.807) is 17.9 Å². The van der Waals surface area contributed by atoms with Crippen LogP contribution in [0.2, 0.25) is 0 Å². The molecular weight excluding hydrogens is 472 g/mol. The van der Waals surface area contributed by atoms with Crippen LogP contribution in [0.1, 0.15) is 59.6 Å². The molecule has 2 amide bonds. The maximum Gasteiger partial charge on any atom is 0.312 e. The molecule has 1 N–H and O–H groups in total. The van der Waals surface area contributed by atoms with Gasteiger partial charge < -0.3 is 24.4 Å². The lowest BCUT2D eigenvalue weighted by molar-refractivity contribution is -0.164. The molecule has 1 aromatic carbocycles. The van der Waals surface area contributed by atoms with E-state index in [0.29, 0.717) is 12.0 Å². The van der Waals surface area contributed by atoms with Crippen LogP contribution >= 0.6 is 0 Å². The van der Waals surface area contributed by atoms with E-state index in [-0.39, 0.29) is 37.5 Å². The zero-order valence-electron chi connectivity index (χ0n) is 22.8. The number of aliphatic hydroxyl groups is 1. The van der Waals surface area contributed by atoms with Crippen molar-refractivity contribution in [3.63, 3.8) is 0 Å². The minimum atomic E-state index is -1.22. The molecule has 0 radical (unpaired) electrons. The van der Waals surface area contributed by atoms with Gasteiger partial charge in [-0.1, -0.05) is 43.3 Å². The first-order valence-electron chi connectivity index (χ1n) is 13.2. The Morgan fingerprint density at radius 3 is 2.51 bits per heavy atom. The number of ether oxygens (including phenoxy) is 2. The van der Waals surface area contributed by atoms with Crippen molar-refractivity contribution in [2.45, 2.75) is 76.8 Å². The van der Waals surface area contributed by atoms with Gasteiger partial charge in [-0.2, -0.15) is 0 Å². The Morgan fingerprint density at radius 2 is 1.97 bits per heavy atom. The quantitative estimate of drug-likeness (QED) is 0.425. The van der Waals surface area contributed by atoms with E-state index in [4.69, 9.17) is 9.47 Å². The van der Waals surface area contributed by atoms with Gasteiger partial charge >= 0.3 is 5.97 Å². The van der Waals surface area contributed by atoms with Crippen LogP contribution in [-0.2, 0) is 23.9 Å². The van der Waals surface area contributed by atoms with E-state index in [9.17, 15) is 19.5 Å². The lowest BCUT2D eigenvalue weighted by atomic mass is 9.62. The van der Waals surface area contributed by atoms with Gasteiger partial charge in [-0.05, 0) is 52.5 Å². The topological polar surface area (TPSA) is 96.4 Å². The van der Waals surface area contributed by atoms with Crippen LogP contribution in [0.15, 0.2) is 43.0 Å². The van der Waals surface area contributed by atoms with Crippen molar-refractivity contribution >= 4 is 17.8 Å². The van der Waals surface area contributed by atoms with Crippen molar-refractivity contribution in [2.75, 3.05) is 19.8 Å². The predicted molar refractivity (Wildman–Crippen MR) is 138 cm³/mol.